The van der Waals surface area contributed by atoms with E-state index in [4.69, 9.17) is 4.74 Å². The highest BCUT2D eigenvalue weighted by molar-refractivity contribution is 7.89. The van der Waals surface area contributed by atoms with Crippen molar-refractivity contribution >= 4 is 27.5 Å². The molecule has 0 aliphatic heterocycles. The molecule has 210 valence electrons. The number of sulfonamides is 1. The van der Waals surface area contributed by atoms with Gasteiger partial charge in [-0.25, -0.2) is 8.42 Å². The molecule has 0 aliphatic rings. The van der Waals surface area contributed by atoms with E-state index in [1.807, 2.05) is 39.2 Å². The standard InChI is InChI=1S/C27H41N5O5S/c1-19-13-22(9-10-24(19)28-11-12-30(4)5)17-31(6)26(34)16-29-25(33)18-32(7)38(35,36)27-20(2)14-23(37-8)15-21(27)3/h9-10,13-15,28H,11-12,16-18H2,1-8H3,(H,29,33). The van der Waals surface area contributed by atoms with Gasteiger partial charge in [-0.1, -0.05) is 12.1 Å². The van der Waals surface area contributed by atoms with Crippen LogP contribution in [0.2, 0.25) is 0 Å². The van der Waals surface area contributed by atoms with Crippen molar-refractivity contribution in [3.05, 3.63) is 52.6 Å². The van der Waals surface area contributed by atoms with Crippen molar-refractivity contribution in [2.75, 3.05) is 66.8 Å². The van der Waals surface area contributed by atoms with E-state index in [0.29, 0.717) is 23.4 Å². The Morgan fingerprint density at radius 1 is 0.947 bits per heavy atom. The van der Waals surface area contributed by atoms with Crippen molar-refractivity contribution in [1.29, 1.82) is 0 Å². The number of rotatable bonds is 13. The molecule has 0 saturated heterocycles. The second-order valence-electron chi connectivity index (χ2n) is 9.76. The molecule has 0 radical (unpaired) electrons. The summed E-state index contributed by atoms with van der Waals surface area (Å²) < 4.78 is 32.4. The zero-order chi connectivity index (χ0) is 28.6. The molecule has 0 aromatic heterocycles. The van der Waals surface area contributed by atoms with E-state index in [0.717, 1.165) is 34.2 Å². The predicted octanol–water partition coefficient (Wildman–Crippen LogP) is 1.99. The van der Waals surface area contributed by atoms with Gasteiger partial charge in [0.15, 0.2) is 0 Å². The highest BCUT2D eigenvalue weighted by Gasteiger charge is 2.27. The van der Waals surface area contributed by atoms with Crippen LogP contribution in [0.25, 0.3) is 0 Å². The molecule has 0 atom stereocenters. The molecule has 2 N–H and O–H groups in total. The van der Waals surface area contributed by atoms with E-state index in [2.05, 4.69) is 15.5 Å². The maximum absolute atomic E-state index is 13.1. The number of ether oxygens (including phenoxy) is 1. The topological polar surface area (TPSA) is 111 Å². The van der Waals surface area contributed by atoms with Crippen LogP contribution in [-0.2, 0) is 26.2 Å². The quantitative estimate of drug-likeness (QED) is 0.395. The van der Waals surface area contributed by atoms with Gasteiger partial charge in [-0.3, -0.25) is 9.59 Å². The Labute approximate surface area is 227 Å². The van der Waals surface area contributed by atoms with Crippen LogP contribution in [0.4, 0.5) is 5.69 Å². The van der Waals surface area contributed by atoms with Gasteiger partial charge in [-0.05, 0) is 75.3 Å². The maximum atomic E-state index is 13.1. The molecule has 0 unspecified atom stereocenters. The van der Waals surface area contributed by atoms with Gasteiger partial charge in [0, 0.05) is 39.4 Å². The predicted molar refractivity (Wildman–Crippen MR) is 150 cm³/mol. The second kappa shape index (κ2) is 13.6. The van der Waals surface area contributed by atoms with Gasteiger partial charge in [0.05, 0.1) is 25.1 Å². The summed E-state index contributed by atoms with van der Waals surface area (Å²) in [5, 5.41) is 5.94. The lowest BCUT2D eigenvalue weighted by Gasteiger charge is -2.21. The van der Waals surface area contributed by atoms with Crippen molar-refractivity contribution in [3.8, 4) is 5.75 Å². The molecule has 0 bridgehead atoms. The minimum Gasteiger partial charge on any atom is -0.497 e. The SMILES string of the molecule is COc1cc(C)c(S(=O)(=O)N(C)CC(=O)NCC(=O)N(C)Cc2ccc(NCCN(C)C)c(C)c2)c(C)c1. The van der Waals surface area contributed by atoms with Crippen LogP contribution in [0.1, 0.15) is 22.3 Å². The number of methoxy groups -OCH3 is 1. The van der Waals surface area contributed by atoms with E-state index < -0.39 is 22.5 Å². The zero-order valence-electron chi connectivity index (χ0n) is 23.7. The van der Waals surface area contributed by atoms with Gasteiger partial charge in [0.25, 0.3) is 0 Å². The minimum atomic E-state index is -3.92. The number of benzene rings is 2. The summed E-state index contributed by atoms with van der Waals surface area (Å²) >= 11 is 0. The maximum Gasteiger partial charge on any atom is 0.243 e. The lowest BCUT2D eigenvalue weighted by molar-refractivity contribution is -0.132. The molecule has 2 rings (SSSR count). The zero-order valence-corrected chi connectivity index (χ0v) is 24.5. The molecule has 0 heterocycles. The van der Waals surface area contributed by atoms with Crippen molar-refractivity contribution in [3.63, 3.8) is 0 Å². The lowest BCUT2D eigenvalue weighted by atomic mass is 10.1. The van der Waals surface area contributed by atoms with Crippen molar-refractivity contribution in [2.24, 2.45) is 0 Å². The van der Waals surface area contributed by atoms with E-state index in [-0.39, 0.29) is 17.3 Å². The number of nitrogens with zero attached hydrogens (tertiary/aromatic N) is 3. The van der Waals surface area contributed by atoms with Gasteiger partial charge >= 0.3 is 0 Å². The molecule has 0 fully saturated rings. The number of carbonyl (C=O) groups is 2. The number of carbonyl (C=O) groups excluding carboxylic acids is 2. The summed E-state index contributed by atoms with van der Waals surface area (Å²) in [6.07, 6.45) is 0. The average molecular weight is 548 g/mol. The number of amides is 2. The third-order valence-corrected chi connectivity index (χ3v) is 8.26. The van der Waals surface area contributed by atoms with Gasteiger partial charge in [-0.2, -0.15) is 4.31 Å². The van der Waals surface area contributed by atoms with Crippen molar-refractivity contribution in [1.82, 2.24) is 19.4 Å². The van der Waals surface area contributed by atoms with Crippen LogP contribution in [0, 0.1) is 20.8 Å². The number of likely N-dealkylation sites (N-methyl/N-ethyl adjacent to an activating group) is 3. The number of nitrogens with one attached hydrogen (secondary N) is 2. The largest absolute Gasteiger partial charge is 0.497 e. The summed E-state index contributed by atoms with van der Waals surface area (Å²) in [5.41, 5.74) is 4.16. The molecular formula is C27H41N5O5S. The fraction of sp³-hybridized carbons (Fsp3) is 0.481. The Hall–Kier alpha value is -3.15. The highest BCUT2D eigenvalue weighted by Crippen LogP contribution is 2.27. The average Bonchev–Trinajstić information content (AvgIpc) is 2.82. The molecule has 0 aliphatic carbocycles. The van der Waals surface area contributed by atoms with E-state index in [1.165, 1.54) is 19.1 Å². The Balaban J connectivity index is 1.91. The van der Waals surface area contributed by atoms with Gasteiger partial charge in [0.1, 0.15) is 5.75 Å². The number of aryl methyl sites for hydroxylation is 3. The number of anilines is 1. The summed E-state index contributed by atoms with van der Waals surface area (Å²) in [6, 6.07) is 9.28. The highest BCUT2D eigenvalue weighted by atomic mass is 32.2. The number of hydrogen-bond acceptors (Lipinski definition) is 7. The molecule has 0 saturated carbocycles. The fourth-order valence-corrected chi connectivity index (χ4v) is 5.57. The Morgan fingerprint density at radius 3 is 2.13 bits per heavy atom. The summed E-state index contributed by atoms with van der Waals surface area (Å²) in [4.78, 5) is 28.9. The number of hydrogen-bond donors (Lipinski definition) is 2. The fourth-order valence-electron chi connectivity index (χ4n) is 4.04. The first-order valence-electron chi connectivity index (χ1n) is 12.4. The van der Waals surface area contributed by atoms with Crippen LogP contribution < -0.4 is 15.4 Å². The molecule has 2 amide bonds. The monoisotopic (exact) mass is 547 g/mol. The first-order chi connectivity index (χ1) is 17.8. The molecule has 38 heavy (non-hydrogen) atoms. The van der Waals surface area contributed by atoms with E-state index in [1.54, 1.807) is 33.0 Å². The minimum absolute atomic E-state index is 0.138. The lowest BCUT2D eigenvalue weighted by Crippen LogP contribution is -2.43. The second-order valence-corrected chi connectivity index (χ2v) is 11.7. The Morgan fingerprint density at radius 2 is 1.58 bits per heavy atom. The molecule has 2 aromatic carbocycles. The first-order valence-corrected chi connectivity index (χ1v) is 13.8. The molecule has 10 nitrogen and oxygen atoms in total. The Bertz CT molecular complexity index is 1220. The Kier molecular flexibility index (Phi) is 11.1. The smallest absolute Gasteiger partial charge is 0.243 e. The molecular weight excluding hydrogens is 506 g/mol. The van der Waals surface area contributed by atoms with Crippen molar-refractivity contribution in [2.45, 2.75) is 32.2 Å². The third kappa shape index (κ3) is 8.44. The first kappa shape index (κ1) is 31.1. The summed E-state index contributed by atoms with van der Waals surface area (Å²) in [5.74, 6) is -0.285. The van der Waals surface area contributed by atoms with Gasteiger partial charge < -0.3 is 25.2 Å². The normalized spacial score (nSPS) is 11.5. The van der Waals surface area contributed by atoms with Crippen LogP contribution in [0.5, 0.6) is 5.75 Å². The van der Waals surface area contributed by atoms with Crippen LogP contribution in [-0.4, -0.2) is 95.8 Å². The molecule has 11 heteroatoms. The van der Waals surface area contributed by atoms with Crippen molar-refractivity contribution < 1.29 is 22.7 Å². The van der Waals surface area contributed by atoms with Crippen LogP contribution >= 0.6 is 0 Å². The third-order valence-electron chi connectivity index (χ3n) is 6.15. The summed E-state index contributed by atoms with van der Waals surface area (Å²) in [7, 11) is 4.65. The van der Waals surface area contributed by atoms with Gasteiger partial charge in [0.2, 0.25) is 21.8 Å². The van der Waals surface area contributed by atoms with Crippen LogP contribution in [0.15, 0.2) is 35.2 Å². The molecule has 2 aromatic rings. The molecule has 0 spiro atoms. The van der Waals surface area contributed by atoms with Crippen LogP contribution in [0.3, 0.4) is 0 Å². The van der Waals surface area contributed by atoms with E-state index in [9.17, 15) is 18.0 Å². The van der Waals surface area contributed by atoms with E-state index >= 15 is 0 Å². The van der Waals surface area contributed by atoms with Gasteiger partial charge in [-0.15, -0.1) is 0 Å². The summed E-state index contributed by atoms with van der Waals surface area (Å²) in [6.45, 7) is 6.89.